The number of hydrogen-bond donors (Lipinski definition) is 0. The molecule has 0 aromatic heterocycles. The number of unbranched alkanes of at least 4 members (excludes halogenated alkanes) is 4. The third-order valence-electron chi connectivity index (χ3n) is 1.57. The minimum absolute atomic E-state index is 0. The average molecular weight is 270 g/mol. The predicted molar refractivity (Wildman–Crippen MR) is 40.6 cm³/mol. The van der Waals surface area contributed by atoms with Gasteiger partial charge < -0.3 is 0 Å². The zero-order chi connectivity index (χ0) is 8.53. The van der Waals surface area contributed by atoms with Crippen molar-refractivity contribution in [2.75, 3.05) is 0 Å². The van der Waals surface area contributed by atoms with Crippen LogP contribution in [0.2, 0.25) is 0 Å². The number of hydrogen-bond acceptors (Lipinski definition) is 2. The van der Waals surface area contributed by atoms with E-state index in [0.29, 0.717) is 0 Å². The third kappa shape index (κ3) is 10.1. The van der Waals surface area contributed by atoms with Crippen molar-refractivity contribution in [3.63, 3.8) is 0 Å². The van der Waals surface area contributed by atoms with Crippen LogP contribution in [0.4, 0.5) is 4.53 Å². The van der Waals surface area contributed by atoms with Crippen molar-refractivity contribution in [2.24, 2.45) is 0 Å². The Bertz CT molecular complexity index is 109. The second-order valence-electron chi connectivity index (χ2n) is 2.61. The Balaban J connectivity index is 0. The van der Waals surface area contributed by atoms with E-state index >= 15 is 0 Å². The number of halogens is 1. The smallest absolute Gasteiger partial charge is 0.255 e. The van der Waals surface area contributed by atoms with Gasteiger partial charge in [0.1, 0.15) is 0 Å². The summed E-state index contributed by atoms with van der Waals surface area (Å²) in [5, 5.41) is 0. The van der Waals surface area contributed by atoms with Gasteiger partial charge in [0.2, 0.25) is 0 Å². The minimum Gasteiger partial charge on any atom is -0.255 e. The molecule has 12 heavy (non-hydrogen) atoms. The van der Waals surface area contributed by atoms with E-state index in [1.165, 1.54) is 12.8 Å². The molecule has 0 atom stereocenters. The van der Waals surface area contributed by atoms with Crippen LogP contribution in [0, 0.1) is 0 Å². The molecular weight excluding hydrogens is 255 g/mol. The summed E-state index contributed by atoms with van der Waals surface area (Å²) < 4.78 is 11.1. The molecule has 0 radical (unpaired) electrons. The second kappa shape index (κ2) is 11.1. The van der Waals surface area contributed by atoms with Crippen LogP contribution >= 0.6 is 0 Å². The van der Waals surface area contributed by atoms with E-state index in [2.05, 4.69) is 11.9 Å². The SMILES string of the molecule is CCCCCCCC(=O)OF.[Ag+]. The Morgan fingerprint density at radius 3 is 2.33 bits per heavy atom. The van der Waals surface area contributed by atoms with Crippen LogP contribution in [-0.4, -0.2) is 5.97 Å². The Hall–Kier alpha value is 0.140. The Morgan fingerprint density at radius 1 is 1.25 bits per heavy atom. The van der Waals surface area contributed by atoms with Gasteiger partial charge in [0.25, 0.3) is 0 Å². The summed E-state index contributed by atoms with van der Waals surface area (Å²) in [6.45, 7) is 2.12. The van der Waals surface area contributed by atoms with Crippen LogP contribution < -0.4 is 0 Å². The van der Waals surface area contributed by atoms with E-state index in [0.717, 1.165) is 19.3 Å². The first-order valence-corrected chi connectivity index (χ1v) is 4.12. The molecular formula is C8H15AgFO2+. The predicted octanol–water partition coefficient (Wildman–Crippen LogP) is 2.77. The standard InChI is InChI=1S/C8H15FO2.Ag/c1-2-3-4-5-6-7-8(10)11-9;/h2-7H2,1H3;/q;+1. The molecule has 0 aliphatic heterocycles. The van der Waals surface area contributed by atoms with E-state index in [-0.39, 0.29) is 28.8 Å². The summed E-state index contributed by atoms with van der Waals surface area (Å²) in [5.41, 5.74) is 0. The van der Waals surface area contributed by atoms with Crippen LogP contribution in [0.25, 0.3) is 0 Å². The monoisotopic (exact) mass is 269 g/mol. The van der Waals surface area contributed by atoms with E-state index in [1.807, 2.05) is 0 Å². The minimum atomic E-state index is -0.749. The van der Waals surface area contributed by atoms with Gasteiger partial charge in [0.05, 0.1) is 0 Å². The van der Waals surface area contributed by atoms with Crippen LogP contribution in [0.5, 0.6) is 0 Å². The maximum absolute atomic E-state index is 11.1. The molecule has 0 bridgehead atoms. The molecule has 0 aliphatic rings. The molecule has 0 aromatic carbocycles. The molecule has 0 aromatic rings. The van der Waals surface area contributed by atoms with Crippen molar-refractivity contribution < 1.29 is 36.6 Å². The van der Waals surface area contributed by atoms with Crippen molar-refractivity contribution in [1.29, 1.82) is 0 Å². The Kier molecular flexibility index (Phi) is 13.6. The molecule has 0 aliphatic carbocycles. The van der Waals surface area contributed by atoms with Crippen LogP contribution in [-0.2, 0) is 32.1 Å². The zero-order valence-corrected chi connectivity index (χ0v) is 8.72. The fourth-order valence-electron chi connectivity index (χ4n) is 0.911. The van der Waals surface area contributed by atoms with Crippen molar-refractivity contribution in [1.82, 2.24) is 0 Å². The molecule has 0 spiro atoms. The van der Waals surface area contributed by atoms with E-state index < -0.39 is 5.97 Å². The molecule has 0 unspecified atom stereocenters. The van der Waals surface area contributed by atoms with Gasteiger partial charge in [-0.25, -0.2) is 4.79 Å². The summed E-state index contributed by atoms with van der Waals surface area (Å²) in [6, 6.07) is 0. The van der Waals surface area contributed by atoms with Crippen molar-refractivity contribution in [2.45, 2.75) is 45.4 Å². The Labute approximate surface area is 88.3 Å². The fourth-order valence-corrected chi connectivity index (χ4v) is 0.911. The first-order valence-electron chi connectivity index (χ1n) is 4.12. The van der Waals surface area contributed by atoms with Gasteiger partial charge in [0.15, 0.2) is 0 Å². The molecule has 0 heterocycles. The second-order valence-corrected chi connectivity index (χ2v) is 2.61. The number of rotatable bonds is 6. The quantitative estimate of drug-likeness (QED) is 0.548. The van der Waals surface area contributed by atoms with Gasteiger partial charge in [-0.05, 0) is 6.42 Å². The molecule has 0 amide bonds. The van der Waals surface area contributed by atoms with Gasteiger partial charge in [0, 0.05) is 10.9 Å². The normalized spacial score (nSPS) is 8.83. The van der Waals surface area contributed by atoms with Crippen LogP contribution in [0.1, 0.15) is 45.4 Å². The van der Waals surface area contributed by atoms with Crippen LogP contribution in [0.15, 0.2) is 0 Å². The molecule has 0 rings (SSSR count). The molecule has 0 saturated carbocycles. The molecule has 2 nitrogen and oxygen atoms in total. The average Bonchev–Trinajstić information content (AvgIpc) is 2.04. The van der Waals surface area contributed by atoms with Gasteiger partial charge in [-0.1, -0.05) is 32.6 Å². The molecule has 0 N–H and O–H groups in total. The van der Waals surface area contributed by atoms with Crippen molar-refractivity contribution in [3.8, 4) is 0 Å². The summed E-state index contributed by atoms with van der Waals surface area (Å²) in [7, 11) is 0. The summed E-state index contributed by atoms with van der Waals surface area (Å²) in [6.07, 6.45) is 5.42. The molecule has 0 fully saturated rings. The van der Waals surface area contributed by atoms with E-state index in [4.69, 9.17) is 0 Å². The van der Waals surface area contributed by atoms with Gasteiger partial charge in [-0.2, -0.15) is 0 Å². The topological polar surface area (TPSA) is 26.3 Å². The number of carbonyl (C=O) groups is 1. The van der Waals surface area contributed by atoms with Crippen LogP contribution in [0.3, 0.4) is 0 Å². The first kappa shape index (κ1) is 14.7. The van der Waals surface area contributed by atoms with Crippen molar-refractivity contribution in [3.05, 3.63) is 0 Å². The Morgan fingerprint density at radius 2 is 1.83 bits per heavy atom. The van der Waals surface area contributed by atoms with Gasteiger partial charge >= 0.3 is 28.3 Å². The number of carbonyl (C=O) groups excluding carboxylic acids is 1. The molecule has 76 valence electrons. The first-order chi connectivity index (χ1) is 5.31. The maximum Gasteiger partial charge on any atom is 1.00 e. The zero-order valence-electron chi connectivity index (χ0n) is 7.24. The largest absolute Gasteiger partial charge is 1.00 e. The summed E-state index contributed by atoms with van der Waals surface area (Å²) in [4.78, 5) is 13.3. The summed E-state index contributed by atoms with van der Waals surface area (Å²) in [5.74, 6) is -0.749. The molecule has 4 heteroatoms. The van der Waals surface area contributed by atoms with Gasteiger partial charge in [-0.3, -0.25) is 4.94 Å². The van der Waals surface area contributed by atoms with Crippen molar-refractivity contribution >= 4 is 5.97 Å². The fraction of sp³-hybridized carbons (Fsp3) is 0.875. The maximum atomic E-state index is 11.1. The summed E-state index contributed by atoms with van der Waals surface area (Å²) >= 11 is 0. The van der Waals surface area contributed by atoms with Gasteiger partial charge in [-0.15, -0.1) is 0 Å². The molecule has 0 saturated heterocycles. The van der Waals surface area contributed by atoms with E-state index in [1.54, 1.807) is 0 Å². The van der Waals surface area contributed by atoms with E-state index in [9.17, 15) is 9.32 Å². The third-order valence-corrected chi connectivity index (χ3v) is 1.57.